The molecule has 0 spiro atoms. The molecular formula is C14H30N2. The summed E-state index contributed by atoms with van der Waals surface area (Å²) in [6.45, 7) is 8.58. The van der Waals surface area contributed by atoms with Gasteiger partial charge in [-0.2, -0.15) is 0 Å². The lowest BCUT2D eigenvalue weighted by atomic mass is 9.94. The zero-order valence-electron chi connectivity index (χ0n) is 11.7. The standard InChI is InChI=1S/C14H30N2/c1-5-7-14(6-2)16-10-8-13(9-11-16)12-15(3)4/h13-14H,5-12H2,1-4H3. The summed E-state index contributed by atoms with van der Waals surface area (Å²) in [6.07, 6.45) is 6.84. The van der Waals surface area contributed by atoms with Gasteiger partial charge in [-0.1, -0.05) is 20.3 Å². The van der Waals surface area contributed by atoms with E-state index in [1.54, 1.807) is 0 Å². The van der Waals surface area contributed by atoms with Gasteiger partial charge in [-0.05, 0) is 58.8 Å². The van der Waals surface area contributed by atoms with E-state index in [9.17, 15) is 0 Å². The Bertz CT molecular complexity index is 172. The average molecular weight is 226 g/mol. The molecule has 0 bridgehead atoms. The fourth-order valence-electron chi connectivity index (χ4n) is 3.00. The highest BCUT2D eigenvalue weighted by Gasteiger charge is 2.23. The second-order valence-electron chi connectivity index (χ2n) is 5.59. The van der Waals surface area contributed by atoms with E-state index in [4.69, 9.17) is 0 Å². The van der Waals surface area contributed by atoms with Crippen molar-refractivity contribution in [3.8, 4) is 0 Å². The summed E-state index contributed by atoms with van der Waals surface area (Å²) >= 11 is 0. The zero-order valence-corrected chi connectivity index (χ0v) is 11.7. The predicted octanol–water partition coefficient (Wildman–Crippen LogP) is 2.84. The van der Waals surface area contributed by atoms with Crippen LogP contribution >= 0.6 is 0 Å². The smallest absolute Gasteiger partial charge is 0.00925 e. The van der Waals surface area contributed by atoms with Crippen LogP contribution in [-0.2, 0) is 0 Å². The second kappa shape index (κ2) is 7.29. The molecule has 1 aliphatic rings. The molecule has 0 radical (unpaired) electrons. The van der Waals surface area contributed by atoms with Crippen molar-refractivity contribution in [1.29, 1.82) is 0 Å². The van der Waals surface area contributed by atoms with Gasteiger partial charge in [-0.3, -0.25) is 0 Å². The van der Waals surface area contributed by atoms with Gasteiger partial charge in [0.15, 0.2) is 0 Å². The molecule has 16 heavy (non-hydrogen) atoms. The van der Waals surface area contributed by atoms with Gasteiger partial charge < -0.3 is 9.80 Å². The van der Waals surface area contributed by atoms with Gasteiger partial charge in [0.25, 0.3) is 0 Å². The first-order chi connectivity index (χ1) is 7.67. The molecule has 1 fully saturated rings. The van der Waals surface area contributed by atoms with Crippen LogP contribution in [0.1, 0.15) is 46.0 Å². The highest BCUT2D eigenvalue weighted by Crippen LogP contribution is 2.22. The lowest BCUT2D eigenvalue weighted by Gasteiger charge is -2.38. The van der Waals surface area contributed by atoms with E-state index >= 15 is 0 Å². The molecule has 1 saturated heterocycles. The molecule has 0 amide bonds. The number of hydrogen-bond donors (Lipinski definition) is 0. The first kappa shape index (κ1) is 14.0. The van der Waals surface area contributed by atoms with Crippen LogP contribution in [0.4, 0.5) is 0 Å². The summed E-state index contributed by atoms with van der Waals surface area (Å²) in [5.74, 6) is 0.936. The summed E-state index contributed by atoms with van der Waals surface area (Å²) in [7, 11) is 4.39. The topological polar surface area (TPSA) is 6.48 Å². The molecule has 0 N–H and O–H groups in total. The first-order valence-electron chi connectivity index (χ1n) is 7.06. The average Bonchev–Trinajstić information content (AvgIpc) is 2.26. The largest absolute Gasteiger partial charge is 0.309 e. The third-order valence-corrected chi connectivity index (χ3v) is 3.88. The molecule has 1 aliphatic heterocycles. The fourth-order valence-corrected chi connectivity index (χ4v) is 3.00. The van der Waals surface area contributed by atoms with E-state index in [-0.39, 0.29) is 0 Å². The molecule has 1 heterocycles. The number of likely N-dealkylation sites (tertiary alicyclic amines) is 1. The maximum Gasteiger partial charge on any atom is 0.00925 e. The summed E-state index contributed by atoms with van der Waals surface area (Å²) < 4.78 is 0. The van der Waals surface area contributed by atoms with E-state index < -0.39 is 0 Å². The Balaban J connectivity index is 2.29. The first-order valence-corrected chi connectivity index (χ1v) is 7.06. The van der Waals surface area contributed by atoms with Crippen LogP contribution in [0.2, 0.25) is 0 Å². The molecule has 0 aromatic carbocycles. The molecule has 2 nitrogen and oxygen atoms in total. The predicted molar refractivity (Wildman–Crippen MR) is 71.8 cm³/mol. The van der Waals surface area contributed by atoms with Gasteiger partial charge in [0, 0.05) is 12.6 Å². The van der Waals surface area contributed by atoms with Crippen molar-refractivity contribution >= 4 is 0 Å². The molecule has 1 atom stereocenters. The van der Waals surface area contributed by atoms with Gasteiger partial charge in [0.05, 0.1) is 0 Å². The molecule has 96 valence electrons. The Kier molecular flexibility index (Phi) is 6.37. The van der Waals surface area contributed by atoms with Crippen molar-refractivity contribution < 1.29 is 0 Å². The summed E-state index contributed by atoms with van der Waals surface area (Å²) in [4.78, 5) is 5.07. The summed E-state index contributed by atoms with van der Waals surface area (Å²) in [5.41, 5.74) is 0. The minimum absolute atomic E-state index is 0.852. The van der Waals surface area contributed by atoms with Crippen molar-refractivity contribution in [3.63, 3.8) is 0 Å². The van der Waals surface area contributed by atoms with E-state index in [1.165, 1.54) is 51.7 Å². The quantitative estimate of drug-likeness (QED) is 0.687. The van der Waals surface area contributed by atoms with Crippen LogP contribution in [0.3, 0.4) is 0 Å². The van der Waals surface area contributed by atoms with Crippen LogP contribution in [0.15, 0.2) is 0 Å². The minimum Gasteiger partial charge on any atom is -0.309 e. The Morgan fingerprint density at radius 1 is 1.19 bits per heavy atom. The normalized spacial score (nSPS) is 21.6. The number of piperidine rings is 1. The third-order valence-electron chi connectivity index (χ3n) is 3.88. The SMILES string of the molecule is CCCC(CC)N1CCC(CN(C)C)CC1. The van der Waals surface area contributed by atoms with E-state index in [2.05, 4.69) is 37.7 Å². The maximum atomic E-state index is 2.73. The number of hydrogen-bond acceptors (Lipinski definition) is 2. The summed E-state index contributed by atoms with van der Waals surface area (Å²) in [6, 6.07) is 0.852. The van der Waals surface area contributed by atoms with Gasteiger partial charge in [-0.25, -0.2) is 0 Å². The molecule has 0 saturated carbocycles. The van der Waals surface area contributed by atoms with Crippen molar-refractivity contribution in [2.75, 3.05) is 33.7 Å². The Hall–Kier alpha value is -0.0800. The Morgan fingerprint density at radius 3 is 2.25 bits per heavy atom. The van der Waals surface area contributed by atoms with Crippen LogP contribution in [-0.4, -0.2) is 49.6 Å². The molecule has 0 aromatic rings. The highest BCUT2D eigenvalue weighted by molar-refractivity contribution is 4.78. The van der Waals surface area contributed by atoms with Gasteiger partial charge in [-0.15, -0.1) is 0 Å². The maximum absolute atomic E-state index is 2.73. The lowest BCUT2D eigenvalue weighted by molar-refractivity contribution is 0.111. The Morgan fingerprint density at radius 2 is 1.81 bits per heavy atom. The fraction of sp³-hybridized carbons (Fsp3) is 1.00. The van der Waals surface area contributed by atoms with Crippen molar-refractivity contribution in [1.82, 2.24) is 9.80 Å². The van der Waals surface area contributed by atoms with Crippen LogP contribution in [0, 0.1) is 5.92 Å². The van der Waals surface area contributed by atoms with Crippen molar-refractivity contribution in [3.05, 3.63) is 0 Å². The van der Waals surface area contributed by atoms with Gasteiger partial charge in [0.1, 0.15) is 0 Å². The lowest BCUT2D eigenvalue weighted by Crippen LogP contribution is -2.42. The van der Waals surface area contributed by atoms with Gasteiger partial charge >= 0.3 is 0 Å². The van der Waals surface area contributed by atoms with E-state index in [0.717, 1.165) is 12.0 Å². The molecular weight excluding hydrogens is 196 g/mol. The number of rotatable bonds is 6. The van der Waals surface area contributed by atoms with Crippen LogP contribution in [0.5, 0.6) is 0 Å². The molecule has 0 aliphatic carbocycles. The minimum atomic E-state index is 0.852. The van der Waals surface area contributed by atoms with E-state index in [1.807, 2.05) is 0 Å². The van der Waals surface area contributed by atoms with Crippen molar-refractivity contribution in [2.24, 2.45) is 5.92 Å². The van der Waals surface area contributed by atoms with E-state index in [0.29, 0.717) is 0 Å². The number of nitrogens with zero attached hydrogens (tertiary/aromatic N) is 2. The molecule has 2 heteroatoms. The highest BCUT2D eigenvalue weighted by atomic mass is 15.2. The molecule has 0 aromatic heterocycles. The molecule has 1 rings (SSSR count). The summed E-state index contributed by atoms with van der Waals surface area (Å²) in [5, 5.41) is 0. The zero-order chi connectivity index (χ0) is 12.0. The van der Waals surface area contributed by atoms with Crippen molar-refractivity contribution in [2.45, 2.75) is 52.0 Å². The second-order valence-corrected chi connectivity index (χ2v) is 5.59. The Labute approximate surface area is 102 Å². The third kappa shape index (κ3) is 4.42. The molecule has 1 unspecified atom stereocenters. The monoisotopic (exact) mass is 226 g/mol. The van der Waals surface area contributed by atoms with Crippen LogP contribution < -0.4 is 0 Å². The van der Waals surface area contributed by atoms with Crippen LogP contribution in [0.25, 0.3) is 0 Å². The van der Waals surface area contributed by atoms with Gasteiger partial charge in [0.2, 0.25) is 0 Å².